The molecular formula is C9H22N2. The van der Waals surface area contributed by atoms with Crippen LogP contribution in [0.5, 0.6) is 0 Å². The van der Waals surface area contributed by atoms with Gasteiger partial charge in [-0.15, -0.1) is 0 Å². The normalized spacial score (nSPS) is 16.4. The van der Waals surface area contributed by atoms with E-state index in [1.54, 1.807) is 0 Å². The molecule has 2 unspecified atom stereocenters. The van der Waals surface area contributed by atoms with Crippen LogP contribution >= 0.6 is 0 Å². The maximum absolute atomic E-state index is 5.79. The third kappa shape index (κ3) is 5.22. The molecule has 0 aromatic heterocycles. The maximum atomic E-state index is 5.79. The first-order valence-corrected chi connectivity index (χ1v) is 4.65. The van der Waals surface area contributed by atoms with Crippen LogP contribution in [-0.4, -0.2) is 13.2 Å². The highest BCUT2D eigenvalue weighted by atomic mass is 15.0. The molecule has 0 saturated carbocycles. The van der Waals surface area contributed by atoms with Crippen LogP contribution < -0.4 is 11.1 Å². The number of hydrogen-bond donors (Lipinski definition) is 2. The third-order valence-electron chi connectivity index (χ3n) is 2.21. The lowest BCUT2D eigenvalue weighted by molar-refractivity contribution is 0.373. The van der Waals surface area contributed by atoms with Crippen LogP contribution in [0.2, 0.25) is 0 Å². The van der Waals surface area contributed by atoms with Gasteiger partial charge in [-0.1, -0.05) is 33.1 Å². The molecule has 0 aliphatic rings. The van der Waals surface area contributed by atoms with Gasteiger partial charge in [0.05, 0.1) is 6.17 Å². The summed E-state index contributed by atoms with van der Waals surface area (Å²) in [7, 11) is 1.92. The average Bonchev–Trinajstić information content (AvgIpc) is 2.03. The second-order valence-electron chi connectivity index (χ2n) is 3.29. The molecular weight excluding hydrogens is 136 g/mol. The van der Waals surface area contributed by atoms with Crippen LogP contribution in [0.3, 0.4) is 0 Å². The van der Waals surface area contributed by atoms with Crippen molar-refractivity contribution in [3.63, 3.8) is 0 Å². The second-order valence-corrected chi connectivity index (χ2v) is 3.29. The molecule has 0 aliphatic carbocycles. The van der Waals surface area contributed by atoms with Gasteiger partial charge < -0.3 is 11.1 Å². The van der Waals surface area contributed by atoms with Gasteiger partial charge in [0, 0.05) is 0 Å². The zero-order chi connectivity index (χ0) is 8.69. The summed E-state index contributed by atoms with van der Waals surface area (Å²) in [4.78, 5) is 0. The lowest BCUT2D eigenvalue weighted by Gasteiger charge is -2.18. The SMILES string of the molecule is CCCCCC(C)C(N)NC. The van der Waals surface area contributed by atoms with E-state index in [9.17, 15) is 0 Å². The Labute approximate surface area is 70.5 Å². The van der Waals surface area contributed by atoms with E-state index in [1.807, 2.05) is 7.05 Å². The Morgan fingerprint density at radius 2 is 2.00 bits per heavy atom. The van der Waals surface area contributed by atoms with Crippen molar-refractivity contribution in [3.05, 3.63) is 0 Å². The number of rotatable bonds is 6. The molecule has 0 spiro atoms. The summed E-state index contributed by atoms with van der Waals surface area (Å²) in [6.07, 6.45) is 5.36. The van der Waals surface area contributed by atoms with Gasteiger partial charge in [-0.2, -0.15) is 0 Å². The molecule has 0 bridgehead atoms. The van der Waals surface area contributed by atoms with E-state index < -0.39 is 0 Å². The van der Waals surface area contributed by atoms with E-state index in [0.29, 0.717) is 5.92 Å². The Hall–Kier alpha value is -0.0800. The Balaban J connectivity index is 3.28. The van der Waals surface area contributed by atoms with Gasteiger partial charge in [0.15, 0.2) is 0 Å². The van der Waals surface area contributed by atoms with Crippen LogP contribution in [0.4, 0.5) is 0 Å². The predicted octanol–water partition coefficient (Wildman–Crippen LogP) is 1.71. The fourth-order valence-corrected chi connectivity index (χ4v) is 1.18. The zero-order valence-corrected chi connectivity index (χ0v) is 8.06. The van der Waals surface area contributed by atoms with Gasteiger partial charge in [0.1, 0.15) is 0 Å². The van der Waals surface area contributed by atoms with Gasteiger partial charge in [0.2, 0.25) is 0 Å². The summed E-state index contributed by atoms with van der Waals surface area (Å²) in [6.45, 7) is 4.43. The average molecular weight is 158 g/mol. The van der Waals surface area contributed by atoms with E-state index in [4.69, 9.17) is 5.73 Å². The quantitative estimate of drug-likeness (QED) is 0.456. The summed E-state index contributed by atoms with van der Waals surface area (Å²) >= 11 is 0. The first-order valence-electron chi connectivity index (χ1n) is 4.65. The monoisotopic (exact) mass is 158 g/mol. The molecule has 68 valence electrons. The van der Waals surface area contributed by atoms with Gasteiger partial charge in [-0.3, -0.25) is 0 Å². The van der Waals surface area contributed by atoms with Crippen LogP contribution in [-0.2, 0) is 0 Å². The molecule has 0 fully saturated rings. The Bertz CT molecular complexity index is 83.6. The lowest BCUT2D eigenvalue weighted by atomic mass is 10.0. The van der Waals surface area contributed by atoms with Crippen molar-refractivity contribution in [1.29, 1.82) is 0 Å². The van der Waals surface area contributed by atoms with Crippen LogP contribution in [0, 0.1) is 5.92 Å². The number of nitrogens with one attached hydrogen (secondary N) is 1. The first-order chi connectivity index (χ1) is 5.22. The maximum Gasteiger partial charge on any atom is 0.0570 e. The molecule has 0 rings (SSSR count). The highest BCUT2D eigenvalue weighted by molar-refractivity contribution is 4.64. The van der Waals surface area contributed by atoms with Gasteiger partial charge >= 0.3 is 0 Å². The van der Waals surface area contributed by atoms with E-state index in [-0.39, 0.29) is 6.17 Å². The Morgan fingerprint density at radius 3 is 2.45 bits per heavy atom. The van der Waals surface area contributed by atoms with Crippen LogP contribution in [0.15, 0.2) is 0 Å². The highest BCUT2D eigenvalue weighted by Crippen LogP contribution is 2.10. The Morgan fingerprint density at radius 1 is 1.36 bits per heavy atom. The Kier molecular flexibility index (Phi) is 6.57. The second kappa shape index (κ2) is 6.62. The van der Waals surface area contributed by atoms with E-state index in [2.05, 4.69) is 19.2 Å². The smallest absolute Gasteiger partial charge is 0.0570 e. The fourth-order valence-electron chi connectivity index (χ4n) is 1.18. The molecule has 0 heterocycles. The van der Waals surface area contributed by atoms with Crippen molar-refractivity contribution in [1.82, 2.24) is 5.32 Å². The van der Waals surface area contributed by atoms with Gasteiger partial charge in [-0.25, -0.2) is 0 Å². The largest absolute Gasteiger partial charge is 0.316 e. The molecule has 2 atom stereocenters. The van der Waals surface area contributed by atoms with E-state index in [1.165, 1.54) is 25.7 Å². The van der Waals surface area contributed by atoms with Crippen molar-refractivity contribution < 1.29 is 0 Å². The summed E-state index contributed by atoms with van der Waals surface area (Å²) < 4.78 is 0. The minimum Gasteiger partial charge on any atom is -0.316 e. The third-order valence-corrected chi connectivity index (χ3v) is 2.21. The van der Waals surface area contributed by atoms with Crippen molar-refractivity contribution in [2.24, 2.45) is 11.7 Å². The summed E-state index contributed by atoms with van der Waals surface area (Å²) in [5.74, 6) is 0.603. The van der Waals surface area contributed by atoms with E-state index in [0.717, 1.165) is 0 Å². The lowest BCUT2D eigenvalue weighted by Crippen LogP contribution is -2.40. The molecule has 2 nitrogen and oxygen atoms in total. The van der Waals surface area contributed by atoms with Crippen molar-refractivity contribution >= 4 is 0 Å². The molecule has 11 heavy (non-hydrogen) atoms. The summed E-state index contributed by atoms with van der Waals surface area (Å²) in [5, 5.41) is 3.07. The molecule has 0 saturated heterocycles. The highest BCUT2D eigenvalue weighted by Gasteiger charge is 2.08. The van der Waals surface area contributed by atoms with Crippen molar-refractivity contribution in [2.45, 2.75) is 45.7 Å². The molecule has 0 aromatic rings. The van der Waals surface area contributed by atoms with Crippen LogP contribution in [0.1, 0.15) is 39.5 Å². The van der Waals surface area contributed by atoms with Gasteiger partial charge in [0.25, 0.3) is 0 Å². The van der Waals surface area contributed by atoms with Crippen LogP contribution in [0.25, 0.3) is 0 Å². The minimum absolute atomic E-state index is 0.173. The molecule has 3 N–H and O–H groups in total. The zero-order valence-electron chi connectivity index (χ0n) is 8.06. The summed E-state index contributed by atoms with van der Waals surface area (Å²) in [5.41, 5.74) is 5.79. The number of unbranched alkanes of at least 4 members (excludes halogenated alkanes) is 2. The molecule has 2 heteroatoms. The van der Waals surface area contributed by atoms with Crippen molar-refractivity contribution in [3.8, 4) is 0 Å². The molecule has 0 radical (unpaired) electrons. The standard InChI is InChI=1S/C9H22N2/c1-4-5-6-7-8(2)9(10)11-3/h8-9,11H,4-7,10H2,1-3H3. The van der Waals surface area contributed by atoms with E-state index >= 15 is 0 Å². The fraction of sp³-hybridized carbons (Fsp3) is 1.00. The topological polar surface area (TPSA) is 38.0 Å². The molecule has 0 amide bonds. The van der Waals surface area contributed by atoms with Gasteiger partial charge in [-0.05, 0) is 19.4 Å². The molecule has 0 aliphatic heterocycles. The molecule has 0 aromatic carbocycles. The van der Waals surface area contributed by atoms with Crippen molar-refractivity contribution in [2.75, 3.05) is 7.05 Å². The number of nitrogens with two attached hydrogens (primary N) is 1. The minimum atomic E-state index is 0.173. The predicted molar refractivity (Wildman–Crippen MR) is 50.3 cm³/mol. The summed E-state index contributed by atoms with van der Waals surface area (Å²) in [6, 6.07) is 0. The first kappa shape index (κ1) is 10.9. The number of hydrogen-bond acceptors (Lipinski definition) is 2.